The molecule has 1 aliphatic heterocycles. The van der Waals surface area contributed by atoms with Gasteiger partial charge in [0.15, 0.2) is 0 Å². The summed E-state index contributed by atoms with van der Waals surface area (Å²) in [4.78, 5) is 11.7. The third-order valence-electron chi connectivity index (χ3n) is 5.53. The van der Waals surface area contributed by atoms with Gasteiger partial charge < -0.3 is 10.6 Å². The molecule has 4 aromatic rings. The lowest BCUT2D eigenvalue weighted by molar-refractivity contribution is 0.501. The molecule has 6 nitrogen and oxygen atoms in total. The fourth-order valence-corrected chi connectivity index (χ4v) is 4.02. The summed E-state index contributed by atoms with van der Waals surface area (Å²) in [6.07, 6.45) is 5.53. The number of anilines is 1. The van der Waals surface area contributed by atoms with Crippen molar-refractivity contribution in [1.82, 2.24) is 20.2 Å². The Labute approximate surface area is 177 Å². The van der Waals surface area contributed by atoms with Crippen LogP contribution >= 0.6 is 11.6 Å². The molecular weight excluding hydrogens is 403 g/mol. The normalized spacial score (nSPS) is 15.1. The van der Waals surface area contributed by atoms with Gasteiger partial charge in [-0.05, 0) is 49.2 Å². The lowest BCUT2D eigenvalue weighted by Crippen LogP contribution is -2.39. The van der Waals surface area contributed by atoms with Crippen LogP contribution in [0.25, 0.3) is 33.5 Å². The molecule has 0 spiro atoms. The molecule has 0 atom stereocenters. The molecule has 4 heterocycles. The third-order valence-corrected chi connectivity index (χ3v) is 5.76. The Hall–Kier alpha value is -3.03. The number of hydrogen-bond acceptors (Lipinski definition) is 5. The van der Waals surface area contributed by atoms with Gasteiger partial charge in [-0.1, -0.05) is 11.6 Å². The lowest BCUT2D eigenvalue weighted by atomic mass is 10.0. The minimum Gasteiger partial charge on any atom is -0.370 e. The number of nitrogens with two attached hydrogens (primary N) is 1. The average molecular weight is 423 g/mol. The van der Waals surface area contributed by atoms with E-state index < -0.39 is 0 Å². The smallest absolute Gasteiger partial charge is 0.132 e. The number of rotatable bonds is 3. The van der Waals surface area contributed by atoms with Gasteiger partial charge in [0.05, 0.1) is 28.6 Å². The molecule has 1 fully saturated rings. The first-order valence-corrected chi connectivity index (χ1v) is 10.2. The van der Waals surface area contributed by atoms with Gasteiger partial charge in [0.1, 0.15) is 11.5 Å². The molecule has 0 unspecified atom stereocenters. The van der Waals surface area contributed by atoms with Crippen molar-refractivity contribution in [3.05, 3.63) is 59.6 Å². The molecule has 1 aromatic carbocycles. The Balaban J connectivity index is 1.54. The van der Waals surface area contributed by atoms with Gasteiger partial charge in [-0.3, -0.25) is 10.1 Å². The molecule has 152 valence electrons. The van der Waals surface area contributed by atoms with Crippen molar-refractivity contribution >= 4 is 28.3 Å². The quantitative estimate of drug-likeness (QED) is 0.511. The number of nitrogens with one attached hydrogen (secondary N) is 1. The van der Waals surface area contributed by atoms with Crippen molar-refractivity contribution in [3.8, 4) is 22.5 Å². The van der Waals surface area contributed by atoms with Crippen molar-refractivity contribution in [1.29, 1.82) is 0 Å². The van der Waals surface area contributed by atoms with Gasteiger partial charge in [-0.25, -0.2) is 9.37 Å². The number of aromatic amines is 1. The van der Waals surface area contributed by atoms with Crippen LogP contribution in [0.3, 0.4) is 0 Å². The molecule has 3 aromatic heterocycles. The molecular formula is C22H20ClFN6. The van der Waals surface area contributed by atoms with Crippen molar-refractivity contribution in [2.45, 2.75) is 18.9 Å². The lowest BCUT2D eigenvalue weighted by Gasteiger charge is -2.31. The first-order chi connectivity index (χ1) is 14.6. The third kappa shape index (κ3) is 3.51. The highest BCUT2D eigenvalue weighted by Crippen LogP contribution is 2.33. The first-order valence-electron chi connectivity index (χ1n) is 9.85. The van der Waals surface area contributed by atoms with E-state index in [1.165, 1.54) is 12.1 Å². The Morgan fingerprint density at radius 3 is 2.73 bits per heavy atom. The standard InChI is InChI=1S/C22H20ClFN6/c23-13-1-2-18(24)16(9-13)22-17(12-27-29-22)19-3-4-20-21(28-19)10-15(11-26-20)30-7-5-14(25)6-8-30/h1-4,9-12,14H,5-8,25H2,(H,27,29). The number of aromatic nitrogens is 4. The first kappa shape index (κ1) is 19.0. The highest BCUT2D eigenvalue weighted by Gasteiger charge is 2.19. The van der Waals surface area contributed by atoms with Gasteiger partial charge in [-0.15, -0.1) is 0 Å². The number of pyridine rings is 2. The summed E-state index contributed by atoms with van der Waals surface area (Å²) < 4.78 is 14.4. The number of piperidine rings is 1. The fraction of sp³-hybridized carbons (Fsp3) is 0.227. The van der Waals surface area contributed by atoms with Gasteiger partial charge in [0, 0.05) is 41.5 Å². The van der Waals surface area contributed by atoms with Crippen LogP contribution in [-0.4, -0.2) is 39.3 Å². The summed E-state index contributed by atoms with van der Waals surface area (Å²) in [7, 11) is 0. The second-order valence-corrected chi connectivity index (χ2v) is 7.96. The van der Waals surface area contributed by atoms with E-state index in [0.717, 1.165) is 42.7 Å². The Morgan fingerprint density at radius 2 is 1.90 bits per heavy atom. The fourth-order valence-electron chi connectivity index (χ4n) is 3.85. The Bertz CT molecular complexity index is 1220. The van der Waals surface area contributed by atoms with Crippen molar-refractivity contribution in [3.63, 3.8) is 0 Å². The van der Waals surface area contributed by atoms with Gasteiger partial charge in [-0.2, -0.15) is 5.10 Å². The zero-order valence-electron chi connectivity index (χ0n) is 16.1. The maximum atomic E-state index is 14.4. The van der Waals surface area contributed by atoms with Crippen LogP contribution < -0.4 is 10.6 Å². The monoisotopic (exact) mass is 422 g/mol. The molecule has 0 aliphatic carbocycles. The Morgan fingerprint density at radius 1 is 1.07 bits per heavy atom. The van der Waals surface area contributed by atoms with Crippen LogP contribution in [0.15, 0.2) is 48.8 Å². The predicted molar refractivity (Wildman–Crippen MR) is 117 cm³/mol. The van der Waals surface area contributed by atoms with E-state index in [0.29, 0.717) is 27.5 Å². The minimum absolute atomic E-state index is 0.269. The zero-order chi connectivity index (χ0) is 20.7. The zero-order valence-corrected chi connectivity index (χ0v) is 16.9. The molecule has 30 heavy (non-hydrogen) atoms. The molecule has 1 saturated heterocycles. The molecule has 3 N–H and O–H groups in total. The minimum atomic E-state index is -0.388. The Kier molecular flexibility index (Phi) is 4.84. The summed E-state index contributed by atoms with van der Waals surface area (Å²) in [6.45, 7) is 1.82. The van der Waals surface area contributed by atoms with E-state index in [1.54, 1.807) is 12.3 Å². The topological polar surface area (TPSA) is 83.7 Å². The number of hydrogen-bond donors (Lipinski definition) is 2. The van der Waals surface area contributed by atoms with Crippen molar-refractivity contribution in [2.75, 3.05) is 18.0 Å². The van der Waals surface area contributed by atoms with E-state index in [4.69, 9.17) is 22.3 Å². The van der Waals surface area contributed by atoms with E-state index in [2.05, 4.69) is 20.1 Å². The molecule has 8 heteroatoms. The average Bonchev–Trinajstić information content (AvgIpc) is 3.25. The van der Waals surface area contributed by atoms with Crippen LogP contribution in [0.4, 0.5) is 10.1 Å². The van der Waals surface area contributed by atoms with Gasteiger partial charge >= 0.3 is 0 Å². The van der Waals surface area contributed by atoms with E-state index in [1.807, 2.05) is 24.4 Å². The molecule has 1 aliphatic rings. The van der Waals surface area contributed by atoms with Crippen LogP contribution in [0.5, 0.6) is 0 Å². The second kappa shape index (κ2) is 7.66. The highest BCUT2D eigenvalue weighted by molar-refractivity contribution is 6.30. The molecule has 0 amide bonds. The van der Waals surface area contributed by atoms with Gasteiger partial charge in [0.25, 0.3) is 0 Å². The molecule has 0 bridgehead atoms. The highest BCUT2D eigenvalue weighted by atomic mass is 35.5. The number of halogens is 2. The SMILES string of the molecule is NC1CCN(c2cnc3ccc(-c4c[nH]nc4-c4cc(Cl)ccc4F)nc3c2)CC1. The summed E-state index contributed by atoms with van der Waals surface area (Å²) in [6, 6.07) is 10.5. The maximum absolute atomic E-state index is 14.4. The summed E-state index contributed by atoms with van der Waals surface area (Å²) in [5.74, 6) is -0.388. The summed E-state index contributed by atoms with van der Waals surface area (Å²) in [5.41, 5.74) is 10.8. The van der Waals surface area contributed by atoms with Crippen LogP contribution in [-0.2, 0) is 0 Å². The molecule has 5 rings (SSSR count). The summed E-state index contributed by atoms with van der Waals surface area (Å²) >= 11 is 6.07. The summed E-state index contributed by atoms with van der Waals surface area (Å²) in [5, 5.41) is 7.51. The second-order valence-electron chi connectivity index (χ2n) is 7.52. The maximum Gasteiger partial charge on any atom is 0.132 e. The van der Waals surface area contributed by atoms with Gasteiger partial charge in [0.2, 0.25) is 0 Å². The number of benzene rings is 1. The number of fused-ring (bicyclic) bond motifs is 1. The number of H-pyrrole nitrogens is 1. The number of nitrogens with zero attached hydrogens (tertiary/aromatic N) is 4. The molecule has 0 saturated carbocycles. The van der Waals surface area contributed by atoms with Crippen LogP contribution in [0.2, 0.25) is 5.02 Å². The van der Waals surface area contributed by atoms with E-state index >= 15 is 0 Å². The van der Waals surface area contributed by atoms with Crippen molar-refractivity contribution < 1.29 is 4.39 Å². The van der Waals surface area contributed by atoms with Crippen molar-refractivity contribution in [2.24, 2.45) is 5.73 Å². The van der Waals surface area contributed by atoms with E-state index in [9.17, 15) is 4.39 Å². The predicted octanol–water partition coefficient (Wildman–Crippen LogP) is 4.41. The molecule has 0 radical (unpaired) electrons. The van der Waals surface area contributed by atoms with E-state index in [-0.39, 0.29) is 11.9 Å². The van der Waals surface area contributed by atoms with Crippen LogP contribution in [0.1, 0.15) is 12.8 Å². The largest absolute Gasteiger partial charge is 0.370 e. The van der Waals surface area contributed by atoms with Crippen LogP contribution in [0, 0.1) is 5.82 Å².